The van der Waals surface area contributed by atoms with Gasteiger partial charge in [-0.2, -0.15) is 10.5 Å². The lowest BCUT2D eigenvalue weighted by molar-refractivity contribution is 1.32. The third-order valence-electron chi connectivity index (χ3n) is 3.66. The minimum Gasteiger partial charge on any atom is -0.263 e. The molecule has 6 heteroatoms. The van der Waals surface area contributed by atoms with Crippen molar-refractivity contribution in [2.45, 2.75) is 0 Å². The molecular formula is C19H8BrCl2N3. The lowest BCUT2D eigenvalue weighted by Crippen LogP contribution is -1.89. The van der Waals surface area contributed by atoms with Crippen LogP contribution in [0.25, 0.3) is 22.3 Å². The summed E-state index contributed by atoms with van der Waals surface area (Å²) in [4.78, 5) is 4.28. The molecule has 0 atom stereocenters. The molecule has 0 aliphatic heterocycles. The summed E-state index contributed by atoms with van der Waals surface area (Å²) in [5, 5.41) is 18.9. The highest BCUT2D eigenvalue weighted by atomic mass is 79.9. The summed E-state index contributed by atoms with van der Waals surface area (Å²) >= 11 is 16.0. The van der Waals surface area contributed by atoms with Gasteiger partial charge in [0.25, 0.3) is 0 Å². The fourth-order valence-electron chi connectivity index (χ4n) is 2.42. The molecule has 0 saturated carbocycles. The molecule has 1 aromatic heterocycles. The van der Waals surface area contributed by atoms with Crippen LogP contribution < -0.4 is 0 Å². The summed E-state index contributed by atoms with van der Waals surface area (Å²) < 4.78 is 0.772. The predicted molar refractivity (Wildman–Crippen MR) is 102 cm³/mol. The van der Waals surface area contributed by atoms with Gasteiger partial charge in [-0.05, 0) is 35.9 Å². The summed E-state index contributed by atoms with van der Waals surface area (Å²) in [5.41, 5.74) is 3.95. The van der Waals surface area contributed by atoms with Gasteiger partial charge in [-0.25, -0.2) is 0 Å². The molecule has 3 rings (SSSR count). The number of hydrogen-bond acceptors (Lipinski definition) is 3. The van der Waals surface area contributed by atoms with E-state index in [1.807, 2.05) is 18.2 Å². The number of benzene rings is 2. The van der Waals surface area contributed by atoms with Gasteiger partial charge >= 0.3 is 0 Å². The molecule has 0 fully saturated rings. The van der Waals surface area contributed by atoms with E-state index in [9.17, 15) is 5.26 Å². The molecule has 0 spiro atoms. The van der Waals surface area contributed by atoms with Crippen molar-refractivity contribution in [3.8, 4) is 34.4 Å². The Balaban J connectivity index is 2.15. The Bertz CT molecular complexity index is 1070. The van der Waals surface area contributed by atoms with Crippen LogP contribution in [0.3, 0.4) is 0 Å². The molecule has 3 aromatic rings. The van der Waals surface area contributed by atoms with Crippen molar-refractivity contribution in [3.63, 3.8) is 0 Å². The standard InChI is InChI=1S/C19H8BrCl2N3/c20-16-4-3-13(8-24)19(22)18(16)15-5-14(9-25-10-15)11-1-2-12(7-23)17(21)6-11/h1-6,9-10H. The van der Waals surface area contributed by atoms with Gasteiger partial charge in [-0.15, -0.1) is 0 Å². The number of halogens is 3. The van der Waals surface area contributed by atoms with Gasteiger partial charge in [0.2, 0.25) is 0 Å². The maximum absolute atomic E-state index is 9.19. The first-order valence-corrected chi connectivity index (χ1v) is 8.63. The number of hydrogen-bond donors (Lipinski definition) is 0. The van der Waals surface area contributed by atoms with Gasteiger partial charge < -0.3 is 0 Å². The summed E-state index contributed by atoms with van der Waals surface area (Å²) in [6, 6.07) is 14.7. The molecule has 0 amide bonds. The Labute approximate surface area is 163 Å². The summed E-state index contributed by atoms with van der Waals surface area (Å²) in [6.07, 6.45) is 3.39. The second-order valence-electron chi connectivity index (χ2n) is 5.16. The molecule has 0 bridgehead atoms. The largest absolute Gasteiger partial charge is 0.263 e. The van der Waals surface area contributed by atoms with E-state index in [1.165, 1.54) is 0 Å². The number of aromatic nitrogens is 1. The first-order valence-electron chi connectivity index (χ1n) is 7.08. The molecule has 0 unspecified atom stereocenters. The van der Waals surface area contributed by atoms with E-state index >= 15 is 0 Å². The summed E-state index contributed by atoms with van der Waals surface area (Å²) in [7, 11) is 0. The van der Waals surface area contributed by atoms with Crippen LogP contribution in [-0.4, -0.2) is 4.98 Å². The molecule has 2 aromatic carbocycles. The van der Waals surface area contributed by atoms with E-state index in [2.05, 4.69) is 27.0 Å². The van der Waals surface area contributed by atoms with E-state index in [4.69, 9.17) is 28.5 Å². The lowest BCUT2D eigenvalue weighted by Gasteiger charge is -2.10. The van der Waals surface area contributed by atoms with Crippen LogP contribution in [-0.2, 0) is 0 Å². The fraction of sp³-hybridized carbons (Fsp3) is 0. The van der Waals surface area contributed by atoms with Crippen molar-refractivity contribution < 1.29 is 0 Å². The first kappa shape index (κ1) is 17.5. The Morgan fingerprint density at radius 2 is 1.52 bits per heavy atom. The number of nitriles is 2. The zero-order chi connectivity index (χ0) is 18.0. The smallest absolute Gasteiger partial charge is 0.101 e. The van der Waals surface area contributed by atoms with Gasteiger partial charge in [0.15, 0.2) is 0 Å². The maximum Gasteiger partial charge on any atom is 0.101 e. The minimum atomic E-state index is 0.369. The van der Waals surface area contributed by atoms with Gasteiger partial charge in [0.05, 0.1) is 21.2 Å². The average Bonchev–Trinajstić information content (AvgIpc) is 2.62. The molecule has 0 radical (unpaired) electrons. The predicted octanol–water partition coefficient (Wildman–Crippen LogP) is 6.23. The Kier molecular flexibility index (Phi) is 5.06. The van der Waals surface area contributed by atoms with Crippen LogP contribution in [0.5, 0.6) is 0 Å². The highest BCUT2D eigenvalue weighted by Crippen LogP contribution is 2.38. The molecule has 25 heavy (non-hydrogen) atoms. The normalized spacial score (nSPS) is 10.1. The fourth-order valence-corrected chi connectivity index (χ4v) is 3.64. The maximum atomic E-state index is 9.19. The molecule has 1 heterocycles. The third-order valence-corrected chi connectivity index (χ3v) is 5.03. The van der Waals surface area contributed by atoms with Gasteiger partial charge in [0, 0.05) is 33.6 Å². The molecule has 3 nitrogen and oxygen atoms in total. The second kappa shape index (κ2) is 7.25. The highest BCUT2D eigenvalue weighted by molar-refractivity contribution is 9.10. The molecule has 0 N–H and O–H groups in total. The zero-order valence-corrected chi connectivity index (χ0v) is 15.7. The van der Waals surface area contributed by atoms with Gasteiger partial charge in [0.1, 0.15) is 12.1 Å². The molecule has 0 aliphatic rings. The van der Waals surface area contributed by atoms with Crippen LogP contribution in [0, 0.1) is 22.7 Å². The van der Waals surface area contributed by atoms with Crippen molar-refractivity contribution in [3.05, 3.63) is 74.4 Å². The van der Waals surface area contributed by atoms with E-state index in [0.717, 1.165) is 21.2 Å². The van der Waals surface area contributed by atoms with Crippen molar-refractivity contribution in [2.75, 3.05) is 0 Å². The Morgan fingerprint density at radius 1 is 0.840 bits per heavy atom. The SMILES string of the molecule is N#Cc1ccc(-c2cncc(-c3c(Br)ccc(C#N)c3Cl)c2)cc1Cl. The minimum absolute atomic E-state index is 0.369. The van der Waals surface area contributed by atoms with Crippen LogP contribution in [0.4, 0.5) is 0 Å². The molecule has 0 saturated heterocycles. The van der Waals surface area contributed by atoms with E-state index in [1.54, 1.807) is 36.7 Å². The van der Waals surface area contributed by atoms with Crippen molar-refractivity contribution in [1.29, 1.82) is 10.5 Å². The van der Waals surface area contributed by atoms with E-state index < -0.39 is 0 Å². The van der Waals surface area contributed by atoms with Gasteiger partial charge in [-0.1, -0.05) is 45.2 Å². The van der Waals surface area contributed by atoms with Crippen LogP contribution >= 0.6 is 39.1 Å². The highest BCUT2D eigenvalue weighted by Gasteiger charge is 2.14. The number of nitrogens with zero attached hydrogens (tertiary/aromatic N) is 3. The molecule has 0 aliphatic carbocycles. The first-order chi connectivity index (χ1) is 12.0. The van der Waals surface area contributed by atoms with Crippen molar-refractivity contribution in [2.24, 2.45) is 0 Å². The monoisotopic (exact) mass is 427 g/mol. The lowest BCUT2D eigenvalue weighted by atomic mass is 10.00. The summed E-state index contributed by atoms with van der Waals surface area (Å²) in [6.45, 7) is 0. The molecular weight excluding hydrogens is 421 g/mol. The Morgan fingerprint density at radius 3 is 2.20 bits per heavy atom. The summed E-state index contributed by atoms with van der Waals surface area (Å²) in [5.74, 6) is 0. The Hall–Kier alpha value is -2.37. The van der Waals surface area contributed by atoms with Crippen LogP contribution in [0.1, 0.15) is 11.1 Å². The topological polar surface area (TPSA) is 60.5 Å². The van der Waals surface area contributed by atoms with Crippen LogP contribution in [0.2, 0.25) is 10.0 Å². The average molecular weight is 429 g/mol. The zero-order valence-electron chi connectivity index (χ0n) is 12.6. The van der Waals surface area contributed by atoms with Crippen molar-refractivity contribution in [1.82, 2.24) is 4.98 Å². The quantitative estimate of drug-likeness (QED) is 0.486. The molecule has 120 valence electrons. The third kappa shape index (κ3) is 3.38. The second-order valence-corrected chi connectivity index (χ2v) is 6.80. The van der Waals surface area contributed by atoms with Crippen LogP contribution in [0.15, 0.2) is 53.3 Å². The van der Waals surface area contributed by atoms with E-state index in [-0.39, 0.29) is 0 Å². The number of rotatable bonds is 2. The van der Waals surface area contributed by atoms with Gasteiger partial charge in [-0.3, -0.25) is 4.98 Å². The van der Waals surface area contributed by atoms with E-state index in [0.29, 0.717) is 26.7 Å². The number of pyridine rings is 1. The van der Waals surface area contributed by atoms with Crippen molar-refractivity contribution >= 4 is 39.1 Å².